The van der Waals surface area contributed by atoms with Crippen molar-refractivity contribution in [3.05, 3.63) is 50.6 Å². The van der Waals surface area contributed by atoms with Crippen molar-refractivity contribution in [1.82, 2.24) is 14.5 Å². The van der Waals surface area contributed by atoms with Crippen LogP contribution in [-0.4, -0.2) is 26.2 Å². The first-order valence-electron chi connectivity index (χ1n) is 8.72. The van der Waals surface area contributed by atoms with Crippen LogP contribution in [0.5, 0.6) is 0 Å². The summed E-state index contributed by atoms with van der Waals surface area (Å²) < 4.78 is 16.1. The van der Waals surface area contributed by atoms with E-state index in [0.29, 0.717) is 27.2 Å². The fraction of sp³-hybridized carbons (Fsp3) is 0.316. The van der Waals surface area contributed by atoms with Crippen molar-refractivity contribution < 1.29 is 9.18 Å². The highest BCUT2D eigenvalue weighted by Crippen LogP contribution is 2.22. The van der Waals surface area contributed by atoms with Crippen LogP contribution in [0.1, 0.15) is 19.5 Å². The summed E-state index contributed by atoms with van der Waals surface area (Å²) in [4.78, 5) is 32.7. The van der Waals surface area contributed by atoms with E-state index in [4.69, 9.17) is 0 Å². The highest BCUT2D eigenvalue weighted by atomic mass is 79.9. The molecule has 1 aromatic carbocycles. The number of halogens is 2. The minimum Gasteiger partial charge on any atom is -0.353 e. The number of H-pyrrole nitrogens is 1. The lowest BCUT2D eigenvalue weighted by Crippen LogP contribution is -2.26. The summed E-state index contributed by atoms with van der Waals surface area (Å²) >= 11 is 4.34. The van der Waals surface area contributed by atoms with Gasteiger partial charge in [-0.3, -0.25) is 14.2 Å². The zero-order valence-corrected chi connectivity index (χ0v) is 18.1. The standard InChI is InChI=1S/C19H20BrFN4O2S/c1-10(2)8-25-18(27)17-15(6-11(3)22-17)24-19(25)28-9-16(26)23-14-5-4-12(20)7-13(14)21/h4-7,10,22H,8-9H2,1-3H3,(H,23,26). The van der Waals surface area contributed by atoms with E-state index in [1.54, 1.807) is 16.7 Å². The smallest absolute Gasteiger partial charge is 0.278 e. The molecular formula is C19H20BrFN4O2S. The molecule has 3 aromatic rings. The van der Waals surface area contributed by atoms with E-state index in [2.05, 4.69) is 31.2 Å². The molecule has 0 fully saturated rings. The van der Waals surface area contributed by atoms with Gasteiger partial charge in [0.25, 0.3) is 5.56 Å². The lowest BCUT2D eigenvalue weighted by Gasteiger charge is -2.14. The van der Waals surface area contributed by atoms with Gasteiger partial charge < -0.3 is 10.3 Å². The molecular weight excluding hydrogens is 447 g/mol. The Labute approximate surface area is 174 Å². The Hall–Kier alpha value is -2.13. The Morgan fingerprint density at radius 1 is 1.39 bits per heavy atom. The molecule has 148 valence electrons. The van der Waals surface area contributed by atoms with Gasteiger partial charge >= 0.3 is 0 Å². The monoisotopic (exact) mass is 466 g/mol. The van der Waals surface area contributed by atoms with Crippen LogP contribution in [0.3, 0.4) is 0 Å². The van der Waals surface area contributed by atoms with Crippen LogP contribution in [0, 0.1) is 18.7 Å². The topological polar surface area (TPSA) is 79.8 Å². The van der Waals surface area contributed by atoms with Gasteiger partial charge in [0.1, 0.15) is 11.3 Å². The van der Waals surface area contributed by atoms with Gasteiger partial charge in [0.2, 0.25) is 5.91 Å². The molecule has 0 saturated heterocycles. The minimum absolute atomic E-state index is 0.00888. The second kappa shape index (κ2) is 8.48. The van der Waals surface area contributed by atoms with Crippen molar-refractivity contribution in [3.8, 4) is 0 Å². The third-order valence-electron chi connectivity index (χ3n) is 3.92. The summed E-state index contributed by atoms with van der Waals surface area (Å²) in [5.41, 5.74) is 1.83. The van der Waals surface area contributed by atoms with Crippen molar-refractivity contribution in [3.63, 3.8) is 0 Å². The van der Waals surface area contributed by atoms with E-state index in [1.807, 2.05) is 20.8 Å². The number of nitrogens with one attached hydrogen (secondary N) is 2. The van der Waals surface area contributed by atoms with Gasteiger partial charge in [-0.2, -0.15) is 0 Å². The van der Waals surface area contributed by atoms with E-state index in [1.165, 1.54) is 12.1 Å². The Kier molecular flexibility index (Phi) is 6.24. The highest BCUT2D eigenvalue weighted by Gasteiger charge is 2.16. The molecule has 28 heavy (non-hydrogen) atoms. The number of fused-ring (bicyclic) bond motifs is 1. The normalized spacial score (nSPS) is 11.4. The molecule has 0 atom stereocenters. The molecule has 6 nitrogen and oxygen atoms in total. The first-order valence-corrected chi connectivity index (χ1v) is 10.5. The number of thioether (sulfide) groups is 1. The van der Waals surface area contributed by atoms with E-state index in [-0.39, 0.29) is 28.8 Å². The number of carbonyl (C=O) groups excluding carboxylic acids is 1. The number of aromatic nitrogens is 3. The number of carbonyl (C=O) groups is 1. The largest absolute Gasteiger partial charge is 0.353 e. The molecule has 2 N–H and O–H groups in total. The van der Waals surface area contributed by atoms with E-state index in [9.17, 15) is 14.0 Å². The Morgan fingerprint density at radius 3 is 2.82 bits per heavy atom. The molecule has 0 aliphatic heterocycles. The zero-order chi connectivity index (χ0) is 20.4. The Bertz CT molecular complexity index is 1090. The number of hydrogen-bond acceptors (Lipinski definition) is 4. The fourth-order valence-electron chi connectivity index (χ4n) is 2.75. The summed E-state index contributed by atoms with van der Waals surface area (Å²) in [6.45, 7) is 6.37. The average Bonchev–Trinajstić information content (AvgIpc) is 2.99. The molecule has 9 heteroatoms. The average molecular weight is 467 g/mol. The molecule has 0 bridgehead atoms. The van der Waals surface area contributed by atoms with Crippen LogP contribution < -0.4 is 10.9 Å². The molecule has 3 rings (SSSR count). The third-order valence-corrected chi connectivity index (χ3v) is 5.39. The summed E-state index contributed by atoms with van der Waals surface area (Å²) in [6.07, 6.45) is 0. The van der Waals surface area contributed by atoms with Gasteiger partial charge in [-0.05, 0) is 37.1 Å². The van der Waals surface area contributed by atoms with E-state index in [0.717, 1.165) is 17.5 Å². The Balaban J connectivity index is 1.82. The van der Waals surface area contributed by atoms with Gasteiger partial charge in [0, 0.05) is 16.7 Å². The molecule has 2 aromatic heterocycles. The molecule has 0 radical (unpaired) electrons. The first-order chi connectivity index (χ1) is 13.2. The molecule has 0 aliphatic carbocycles. The van der Waals surface area contributed by atoms with Crippen molar-refractivity contribution in [2.24, 2.45) is 5.92 Å². The van der Waals surface area contributed by atoms with Crippen molar-refractivity contribution in [2.75, 3.05) is 11.1 Å². The predicted octanol–water partition coefficient (Wildman–Crippen LogP) is 4.32. The van der Waals surface area contributed by atoms with Crippen molar-refractivity contribution in [2.45, 2.75) is 32.5 Å². The number of aromatic amines is 1. The number of benzene rings is 1. The van der Waals surface area contributed by atoms with Crippen LogP contribution in [0.15, 0.2) is 38.7 Å². The molecule has 0 saturated carbocycles. The minimum atomic E-state index is -0.521. The summed E-state index contributed by atoms with van der Waals surface area (Å²) in [6, 6.07) is 6.23. The number of amides is 1. The highest BCUT2D eigenvalue weighted by molar-refractivity contribution is 9.10. The second-order valence-electron chi connectivity index (χ2n) is 6.88. The van der Waals surface area contributed by atoms with Gasteiger partial charge in [-0.1, -0.05) is 41.5 Å². The molecule has 0 unspecified atom stereocenters. The third kappa shape index (κ3) is 4.64. The van der Waals surface area contributed by atoms with Crippen LogP contribution in [-0.2, 0) is 11.3 Å². The van der Waals surface area contributed by atoms with Crippen LogP contribution in [0.2, 0.25) is 0 Å². The van der Waals surface area contributed by atoms with Crippen LogP contribution in [0.25, 0.3) is 11.0 Å². The summed E-state index contributed by atoms with van der Waals surface area (Å²) in [7, 11) is 0. The zero-order valence-electron chi connectivity index (χ0n) is 15.7. The number of nitrogens with zero attached hydrogens (tertiary/aromatic N) is 2. The number of aryl methyl sites for hydroxylation is 1. The Morgan fingerprint density at radius 2 is 2.14 bits per heavy atom. The molecule has 1 amide bonds. The lowest BCUT2D eigenvalue weighted by atomic mass is 10.2. The summed E-state index contributed by atoms with van der Waals surface area (Å²) in [5.74, 6) is -0.652. The van der Waals surface area contributed by atoms with Crippen LogP contribution >= 0.6 is 27.7 Å². The van der Waals surface area contributed by atoms with Crippen molar-refractivity contribution >= 4 is 50.3 Å². The van der Waals surface area contributed by atoms with Crippen molar-refractivity contribution in [1.29, 1.82) is 0 Å². The van der Waals surface area contributed by atoms with E-state index >= 15 is 0 Å². The molecule has 0 aliphatic rings. The maximum Gasteiger partial charge on any atom is 0.278 e. The maximum absolute atomic E-state index is 13.9. The lowest BCUT2D eigenvalue weighted by molar-refractivity contribution is -0.113. The number of rotatable bonds is 6. The first kappa shape index (κ1) is 20.6. The molecule has 0 spiro atoms. The summed E-state index contributed by atoms with van der Waals surface area (Å²) in [5, 5.41) is 3.02. The number of anilines is 1. The van der Waals surface area contributed by atoms with Crippen LogP contribution in [0.4, 0.5) is 10.1 Å². The van der Waals surface area contributed by atoms with Gasteiger partial charge in [0.15, 0.2) is 5.16 Å². The SMILES string of the molecule is Cc1cc2nc(SCC(=O)Nc3ccc(Br)cc3F)n(CC(C)C)c(=O)c2[nH]1. The number of hydrogen-bond donors (Lipinski definition) is 2. The quantitative estimate of drug-likeness (QED) is 0.418. The van der Waals surface area contributed by atoms with E-state index < -0.39 is 5.82 Å². The predicted molar refractivity (Wildman–Crippen MR) is 113 cm³/mol. The van der Waals surface area contributed by atoms with Gasteiger partial charge in [-0.25, -0.2) is 9.37 Å². The molecule has 2 heterocycles. The fourth-order valence-corrected chi connectivity index (χ4v) is 3.90. The second-order valence-corrected chi connectivity index (χ2v) is 8.74. The van der Waals surface area contributed by atoms with Gasteiger partial charge in [0.05, 0.1) is 17.0 Å². The maximum atomic E-state index is 13.9. The van der Waals surface area contributed by atoms with Gasteiger partial charge in [-0.15, -0.1) is 0 Å².